The van der Waals surface area contributed by atoms with Crippen LogP contribution in [0.25, 0.3) is 11.0 Å². The molecule has 4 rings (SSSR count). The topological polar surface area (TPSA) is 84.2 Å². The molecule has 0 spiro atoms. The molecule has 1 fully saturated rings. The molecule has 1 aromatic carbocycles. The summed E-state index contributed by atoms with van der Waals surface area (Å²) in [6.07, 6.45) is 6.02. The summed E-state index contributed by atoms with van der Waals surface area (Å²) in [7, 11) is 0. The minimum Gasteiger partial charge on any atom is -0.480 e. The molecule has 1 saturated carbocycles. The van der Waals surface area contributed by atoms with Crippen LogP contribution < -0.4 is 5.32 Å². The molecule has 0 bridgehead atoms. The van der Waals surface area contributed by atoms with Gasteiger partial charge in [0.15, 0.2) is 0 Å². The van der Waals surface area contributed by atoms with Crippen LogP contribution in [0.3, 0.4) is 0 Å². The molecular weight excluding hydrogens is 434 g/mol. The van der Waals surface area contributed by atoms with E-state index >= 15 is 0 Å². The number of aliphatic carboxylic acids is 1. The fourth-order valence-corrected chi connectivity index (χ4v) is 5.67. The number of thiophene rings is 1. The molecule has 2 N–H and O–H groups in total. The predicted octanol–water partition coefficient (Wildman–Crippen LogP) is 5.67. The van der Waals surface area contributed by atoms with Crippen molar-refractivity contribution in [2.45, 2.75) is 71.4 Å². The maximum Gasteiger partial charge on any atom is 0.326 e. The number of carbonyl (C=O) groups is 2. The lowest BCUT2D eigenvalue weighted by atomic mass is 9.85. The summed E-state index contributed by atoms with van der Waals surface area (Å²) in [5.74, 6) is 0.402. The van der Waals surface area contributed by atoms with E-state index < -0.39 is 12.0 Å². The second-order valence-corrected chi connectivity index (χ2v) is 10.7. The largest absolute Gasteiger partial charge is 0.480 e. The second kappa shape index (κ2) is 10.1. The number of fused-ring (bicyclic) bond motifs is 1. The Labute approximate surface area is 199 Å². The molecule has 3 atom stereocenters. The highest BCUT2D eigenvalue weighted by Crippen LogP contribution is 2.37. The number of nitrogens with zero attached hydrogens (tertiary/aromatic N) is 2. The van der Waals surface area contributed by atoms with Crippen molar-refractivity contribution >= 4 is 34.2 Å². The Morgan fingerprint density at radius 1 is 1.24 bits per heavy atom. The number of rotatable bonds is 8. The van der Waals surface area contributed by atoms with Crippen LogP contribution in [0, 0.1) is 11.8 Å². The van der Waals surface area contributed by atoms with Gasteiger partial charge in [-0.25, -0.2) is 9.78 Å². The van der Waals surface area contributed by atoms with Crippen LogP contribution in [0.2, 0.25) is 0 Å². The molecule has 2 heterocycles. The Morgan fingerprint density at radius 3 is 2.70 bits per heavy atom. The summed E-state index contributed by atoms with van der Waals surface area (Å²) in [6, 6.07) is 9.29. The van der Waals surface area contributed by atoms with Gasteiger partial charge in [0.2, 0.25) is 0 Å². The van der Waals surface area contributed by atoms with Gasteiger partial charge in [-0.2, -0.15) is 0 Å². The molecule has 0 aliphatic heterocycles. The zero-order valence-electron chi connectivity index (χ0n) is 19.6. The van der Waals surface area contributed by atoms with Crippen LogP contribution in [0.1, 0.15) is 80.0 Å². The first-order valence-electron chi connectivity index (χ1n) is 11.9. The number of hydrogen-bond donors (Lipinski definition) is 2. The number of nitrogens with one attached hydrogen (secondary N) is 1. The van der Waals surface area contributed by atoms with Gasteiger partial charge in [-0.1, -0.05) is 39.7 Å². The molecule has 3 aromatic rings. The lowest BCUT2D eigenvalue weighted by Crippen LogP contribution is -2.41. The van der Waals surface area contributed by atoms with Gasteiger partial charge in [0.25, 0.3) is 5.91 Å². The molecule has 2 aromatic heterocycles. The smallest absolute Gasteiger partial charge is 0.326 e. The number of amides is 1. The first kappa shape index (κ1) is 23.5. The molecule has 0 radical (unpaired) electrons. The summed E-state index contributed by atoms with van der Waals surface area (Å²) in [6.45, 7) is 6.22. The van der Waals surface area contributed by atoms with Gasteiger partial charge < -0.3 is 15.0 Å². The Balaban J connectivity index is 1.68. The molecule has 176 valence electrons. The zero-order chi connectivity index (χ0) is 23.5. The van der Waals surface area contributed by atoms with Crippen LogP contribution in [0.5, 0.6) is 0 Å². The fraction of sp³-hybridized carbons (Fsp3) is 0.500. The highest BCUT2D eigenvalue weighted by molar-refractivity contribution is 7.09. The lowest BCUT2D eigenvalue weighted by molar-refractivity contribution is -0.139. The van der Waals surface area contributed by atoms with Crippen molar-refractivity contribution in [3.8, 4) is 0 Å². The molecule has 7 heteroatoms. The average molecular weight is 468 g/mol. The third-order valence-corrected chi connectivity index (χ3v) is 7.52. The SMILES string of the molecule is CC(C)CC(NC(=O)c1ccc2c(c1)nc(Cc1cccs1)n2[C@@H]1CCCC[C@H]1C)C(=O)O. The third-order valence-electron chi connectivity index (χ3n) is 6.65. The first-order valence-corrected chi connectivity index (χ1v) is 12.8. The highest BCUT2D eigenvalue weighted by Gasteiger charge is 2.28. The number of carboxylic acid groups (broad SMARTS) is 1. The van der Waals surface area contributed by atoms with E-state index in [0.717, 1.165) is 29.7 Å². The van der Waals surface area contributed by atoms with Crippen molar-refractivity contribution in [3.63, 3.8) is 0 Å². The van der Waals surface area contributed by atoms with Gasteiger partial charge in [0.1, 0.15) is 11.9 Å². The van der Waals surface area contributed by atoms with E-state index in [0.29, 0.717) is 23.9 Å². The Kier molecular flexibility index (Phi) is 7.17. The maximum absolute atomic E-state index is 12.9. The highest BCUT2D eigenvalue weighted by atomic mass is 32.1. The number of benzene rings is 1. The van der Waals surface area contributed by atoms with Gasteiger partial charge >= 0.3 is 5.97 Å². The van der Waals surface area contributed by atoms with Crippen molar-refractivity contribution in [1.82, 2.24) is 14.9 Å². The standard InChI is InChI=1S/C26H33N3O3S/c1-16(2)13-21(26(31)32)28-25(30)18-10-11-23-20(14-18)27-24(15-19-8-6-12-33-19)29(23)22-9-5-4-7-17(22)3/h6,8,10-12,14,16-17,21-22H,4-5,7,9,13,15H2,1-3H3,(H,28,30)(H,31,32)/t17-,21?,22-/m1/s1. The van der Waals surface area contributed by atoms with E-state index in [-0.39, 0.29) is 11.8 Å². The molecule has 1 unspecified atom stereocenters. The number of imidazole rings is 1. The Hall–Kier alpha value is -2.67. The average Bonchev–Trinajstić information content (AvgIpc) is 3.40. The molecule has 6 nitrogen and oxygen atoms in total. The van der Waals surface area contributed by atoms with E-state index in [9.17, 15) is 14.7 Å². The van der Waals surface area contributed by atoms with Crippen molar-refractivity contribution in [3.05, 3.63) is 52.0 Å². The monoisotopic (exact) mass is 467 g/mol. The third kappa shape index (κ3) is 5.29. The quantitative estimate of drug-likeness (QED) is 0.447. The number of carboxylic acids is 1. The Morgan fingerprint density at radius 2 is 2.03 bits per heavy atom. The predicted molar refractivity (Wildman–Crippen MR) is 132 cm³/mol. The van der Waals surface area contributed by atoms with Crippen molar-refractivity contribution in [2.24, 2.45) is 11.8 Å². The van der Waals surface area contributed by atoms with E-state index in [1.54, 1.807) is 23.5 Å². The molecular formula is C26H33N3O3S. The van der Waals surface area contributed by atoms with E-state index in [2.05, 4.69) is 34.3 Å². The number of carbonyl (C=O) groups excluding carboxylic acids is 1. The zero-order valence-corrected chi connectivity index (χ0v) is 20.4. The van der Waals surface area contributed by atoms with Crippen molar-refractivity contribution < 1.29 is 14.7 Å². The van der Waals surface area contributed by atoms with E-state index in [1.807, 2.05) is 19.9 Å². The van der Waals surface area contributed by atoms with Crippen LogP contribution >= 0.6 is 11.3 Å². The summed E-state index contributed by atoms with van der Waals surface area (Å²) < 4.78 is 2.40. The summed E-state index contributed by atoms with van der Waals surface area (Å²) in [5.41, 5.74) is 2.29. The van der Waals surface area contributed by atoms with E-state index in [4.69, 9.17) is 4.98 Å². The minimum atomic E-state index is -1.01. The minimum absolute atomic E-state index is 0.168. The van der Waals surface area contributed by atoms with Gasteiger partial charge in [-0.3, -0.25) is 4.79 Å². The van der Waals surface area contributed by atoms with Gasteiger partial charge in [-0.05, 0) is 60.7 Å². The first-order chi connectivity index (χ1) is 15.8. The molecule has 1 aliphatic rings. The van der Waals surface area contributed by atoms with Crippen LogP contribution in [-0.2, 0) is 11.2 Å². The summed E-state index contributed by atoms with van der Waals surface area (Å²) >= 11 is 1.73. The lowest BCUT2D eigenvalue weighted by Gasteiger charge is -2.31. The van der Waals surface area contributed by atoms with Crippen LogP contribution in [0.15, 0.2) is 35.7 Å². The normalized spacial score (nSPS) is 19.6. The van der Waals surface area contributed by atoms with Gasteiger partial charge in [-0.15, -0.1) is 11.3 Å². The van der Waals surface area contributed by atoms with Crippen LogP contribution in [-0.4, -0.2) is 32.6 Å². The molecule has 1 aliphatic carbocycles. The fourth-order valence-electron chi connectivity index (χ4n) is 4.97. The van der Waals surface area contributed by atoms with Crippen molar-refractivity contribution in [1.29, 1.82) is 0 Å². The number of aromatic nitrogens is 2. The second-order valence-electron chi connectivity index (χ2n) is 9.68. The molecule has 1 amide bonds. The van der Waals surface area contributed by atoms with Crippen LogP contribution in [0.4, 0.5) is 0 Å². The van der Waals surface area contributed by atoms with Gasteiger partial charge in [0.05, 0.1) is 11.0 Å². The molecule has 0 saturated heterocycles. The maximum atomic E-state index is 12.9. The van der Waals surface area contributed by atoms with Gasteiger partial charge in [0, 0.05) is 22.9 Å². The Bertz CT molecular complexity index is 1120. The van der Waals surface area contributed by atoms with E-state index in [1.165, 1.54) is 24.1 Å². The van der Waals surface area contributed by atoms with Crippen molar-refractivity contribution in [2.75, 3.05) is 0 Å². The number of hydrogen-bond acceptors (Lipinski definition) is 4. The molecule has 33 heavy (non-hydrogen) atoms. The summed E-state index contributed by atoms with van der Waals surface area (Å²) in [5, 5.41) is 14.3. The summed E-state index contributed by atoms with van der Waals surface area (Å²) in [4.78, 5) is 30.7.